The first kappa shape index (κ1) is 17.7. The van der Waals surface area contributed by atoms with Gasteiger partial charge >= 0.3 is 5.97 Å². The Bertz CT molecular complexity index is 821. The van der Waals surface area contributed by atoms with Crippen LogP contribution < -0.4 is 9.80 Å². The molecule has 1 aliphatic rings. The lowest BCUT2D eigenvalue weighted by Gasteiger charge is -2.37. The number of nitriles is 1. The van der Waals surface area contributed by atoms with Crippen molar-refractivity contribution >= 4 is 17.5 Å². The van der Waals surface area contributed by atoms with Crippen LogP contribution in [0.4, 0.5) is 11.5 Å². The first-order chi connectivity index (χ1) is 12.6. The molecule has 134 valence electrons. The van der Waals surface area contributed by atoms with Crippen molar-refractivity contribution in [3.05, 3.63) is 53.7 Å². The molecule has 6 nitrogen and oxygen atoms in total. The highest BCUT2D eigenvalue weighted by Gasteiger charge is 2.24. The summed E-state index contributed by atoms with van der Waals surface area (Å²) >= 11 is 0. The summed E-state index contributed by atoms with van der Waals surface area (Å²) in [5.74, 6) is 0.312. The van der Waals surface area contributed by atoms with E-state index in [-0.39, 0.29) is 12.1 Å². The number of ether oxygens (including phenoxy) is 1. The van der Waals surface area contributed by atoms with E-state index < -0.39 is 0 Å². The lowest BCUT2D eigenvalue weighted by Crippen LogP contribution is -2.47. The molecule has 1 saturated heterocycles. The summed E-state index contributed by atoms with van der Waals surface area (Å²) in [5, 5.41) is 9.30. The molecule has 1 aromatic carbocycles. The molecular formula is C20H22N4O2. The standard InChI is InChI=1S/C20H22N4O2/c1-15(2)26-20(25)17-7-5-9-22-19(17)24-12-10-23(11-13-24)18-8-4-3-6-16(18)14-21/h3-9,15H,10-13H2,1-2H3. The summed E-state index contributed by atoms with van der Waals surface area (Å²) < 4.78 is 5.34. The molecule has 1 aliphatic heterocycles. The molecular weight excluding hydrogens is 328 g/mol. The van der Waals surface area contributed by atoms with Crippen LogP contribution in [0.5, 0.6) is 0 Å². The highest BCUT2D eigenvalue weighted by Crippen LogP contribution is 2.24. The smallest absolute Gasteiger partial charge is 0.342 e. The van der Waals surface area contributed by atoms with Crippen LogP contribution in [0.3, 0.4) is 0 Å². The van der Waals surface area contributed by atoms with E-state index in [9.17, 15) is 10.1 Å². The summed E-state index contributed by atoms with van der Waals surface area (Å²) in [5.41, 5.74) is 2.13. The van der Waals surface area contributed by atoms with Gasteiger partial charge in [-0.3, -0.25) is 0 Å². The van der Waals surface area contributed by atoms with Gasteiger partial charge in [-0.15, -0.1) is 0 Å². The number of para-hydroxylation sites is 1. The van der Waals surface area contributed by atoms with Crippen molar-refractivity contribution in [2.24, 2.45) is 0 Å². The number of aromatic nitrogens is 1. The van der Waals surface area contributed by atoms with Crippen molar-refractivity contribution in [3.8, 4) is 6.07 Å². The van der Waals surface area contributed by atoms with Gasteiger partial charge in [-0.25, -0.2) is 9.78 Å². The van der Waals surface area contributed by atoms with Crippen LogP contribution in [0.15, 0.2) is 42.6 Å². The Morgan fingerprint density at radius 3 is 2.50 bits per heavy atom. The van der Waals surface area contributed by atoms with Gasteiger partial charge in [0.1, 0.15) is 17.5 Å². The lowest BCUT2D eigenvalue weighted by atomic mass is 10.1. The topological polar surface area (TPSA) is 69.5 Å². The minimum atomic E-state index is -0.347. The molecule has 1 aromatic heterocycles. The van der Waals surface area contributed by atoms with Crippen LogP contribution in [0.25, 0.3) is 0 Å². The monoisotopic (exact) mass is 350 g/mol. The van der Waals surface area contributed by atoms with Gasteiger partial charge in [-0.1, -0.05) is 12.1 Å². The highest BCUT2D eigenvalue weighted by molar-refractivity contribution is 5.95. The van der Waals surface area contributed by atoms with Crippen LogP contribution in [-0.2, 0) is 4.74 Å². The number of rotatable bonds is 4. The third kappa shape index (κ3) is 3.77. The molecule has 0 radical (unpaired) electrons. The predicted octanol–water partition coefficient (Wildman–Crippen LogP) is 2.85. The fourth-order valence-electron chi connectivity index (χ4n) is 3.09. The van der Waals surface area contributed by atoms with Gasteiger partial charge in [0.15, 0.2) is 0 Å². The summed E-state index contributed by atoms with van der Waals surface area (Å²) in [7, 11) is 0. The molecule has 0 aliphatic carbocycles. The van der Waals surface area contributed by atoms with E-state index in [0.717, 1.165) is 31.9 Å². The molecule has 0 bridgehead atoms. The molecule has 0 spiro atoms. The Balaban J connectivity index is 1.75. The Morgan fingerprint density at radius 1 is 1.12 bits per heavy atom. The molecule has 0 N–H and O–H groups in total. The maximum Gasteiger partial charge on any atom is 0.342 e. The second kappa shape index (κ2) is 7.87. The van der Waals surface area contributed by atoms with Crippen LogP contribution >= 0.6 is 0 Å². The number of hydrogen-bond donors (Lipinski definition) is 0. The molecule has 3 rings (SSSR count). The zero-order valence-corrected chi connectivity index (χ0v) is 15.1. The number of benzene rings is 1. The molecule has 0 saturated carbocycles. The molecule has 0 unspecified atom stereocenters. The SMILES string of the molecule is CC(C)OC(=O)c1cccnc1N1CCN(c2ccccc2C#N)CC1. The van der Waals surface area contributed by atoms with Crippen molar-refractivity contribution < 1.29 is 9.53 Å². The Kier molecular flexibility index (Phi) is 5.37. The predicted molar refractivity (Wildman–Crippen MR) is 100 cm³/mol. The molecule has 26 heavy (non-hydrogen) atoms. The van der Waals surface area contributed by atoms with Gasteiger partial charge in [-0.05, 0) is 38.1 Å². The summed E-state index contributed by atoms with van der Waals surface area (Å²) in [6, 6.07) is 13.4. The summed E-state index contributed by atoms with van der Waals surface area (Å²) in [6.45, 7) is 6.62. The molecule has 1 fully saturated rings. The van der Waals surface area contributed by atoms with Crippen LogP contribution in [0.2, 0.25) is 0 Å². The van der Waals surface area contributed by atoms with E-state index in [1.807, 2.05) is 38.1 Å². The fourth-order valence-corrected chi connectivity index (χ4v) is 3.09. The van der Waals surface area contributed by atoms with E-state index in [1.165, 1.54) is 0 Å². The van der Waals surface area contributed by atoms with Crippen molar-refractivity contribution in [1.29, 1.82) is 5.26 Å². The number of hydrogen-bond acceptors (Lipinski definition) is 6. The van der Waals surface area contributed by atoms with Gasteiger partial charge in [-0.2, -0.15) is 5.26 Å². The summed E-state index contributed by atoms with van der Waals surface area (Å²) in [4.78, 5) is 21.1. The van der Waals surface area contributed by atoms with E-state index in [4.69, 9.17) is 4.74 Å². The minimum Gasteiger partial charge on any atom is -0.459 e. The highest BCUT2D eigenvalue weighted by atomic mass is 16.5. The Labute approximate surface area is 153 Å². The third-order valence-electron chi connectivity index (χ3n) is 4.29. The van der Waals surface area contributed by atoms with Crippen molar-refractivity contribution in [2.45, 2.75) is 20.0 Å². The maximum absolute atomic E-state index is 12.4. The number of carbonyl (C=O) groups excluding carboxylic acids is 1. The number of pyridine rings is 1. The maximum atomic E-state index is 12.4. The Hall–Kier alpha value is -3.07. The Morgan fingerprint density at radius 2 is 1.81 bits per heavy atom. The number of piperazine rings is 1. The molecule has 2 aromatic rings. The fraction of sp³-hybridized carbons (Fsp3) is 0.350. The van der Waals surface area contributed by atoms with Gasteiger partial charge < -0.3 is 14.5 Å². The van der Waals surface area contributed by atoms with Crippen molar-refractivity contribution in [1.82, 2.24) is 4.98 Å². The normalized spacial score (nSPS) is 14.2. The second-order valence-corrected chi connectivity index (χ2v) is 6.43. The first-order valence-corrected chi connectivity index (χ1v) is 8.75. The van der Waals surface area contributed by atoms with Gasteiger partial charge in [0.05, 0.1) is 17.4 Å². The lowest BCUT2D eigenvalue weighted by molar-refractivity contribution is 0.0378. The zero-order valence-electron chi connectivity index (χ0n) is 15.1. The van der Waals surface area contributed by atoms with E-state index in [0.29, 0.717) is 16.9 Å². The van der Waals surface area contributed by atoms with E-state index in [1.54, 1.807) is 18.3 Å². The largest absolute Gasteiger partial charge is 0.459 e. The van der Waals surface area contributed by atoms with Crippen molar-refractivity contribution in [2.75, 3.05) is 36.0 Å². The van der Waals surface area contributed by atoms with Crippen LogP contribution in [0.1, 0.15) is 29.8 Å². The van der Waals surface area contributed by atoms with Gasteiger partial charge in [0.25, 0.3) is 0 Å². The second-order valence-electron chi connectivity index (χ2n) is 6.43. The zero-order chi connectivity index (χ0) is 18.5. The molecule has 6 heteroatoms. The third-order valence-corrected chi connectivity index (χ3v) is 4.29. The quantitative estimate of drug-likeness (QED) is 0.790. The number of esters is 1. The number of carbonyl (C=O) groups is 1. The average molecular weight is 350 g/mol. The van der Waals surface area contributed by atoms with Crippen molar-refractivity contribution in [3.63, 3.8) is 0 Å². The first-order valence-electron chi connectivity index (χ1n) is 8.75. The number of nitrogens with zero attached hydrogens (tertiary/aromatic N) is 4. The van der Waals surface area contributed by atoms with Crippen LogP contribution in [-0.4, -0.2) is 43.2 Å². The molecule has 0 amide bonds. The van der Waals surface area contributed by atoms with Gasteiger partial charge in [0.2, 0.25) is 0 Å². The number of anilines is 2. The minimum absolute atomic E-state index is 0.171. The molecule has 0 atom stereocenters. The summed E-state index contributed by atoms with van der Waals surface area (Å²) in [6.07, 6.45) is 1.52. The molecule has 2 heterocycles. The van der Waals surface area contributed by atoms with Crippen LogP contribution in [0, 0.1) is 11.3 Å². The van der Waals surface area contributed by atoms with Gasteiger partial charge in [0, 0.05) is 32.4 Å². The van der Waals surface area contributed by atoms with E-state index in [2.05, 4.69) is 20.9 Å². The average Bonchev–Trinajstić information content (AvgIpc) is 2.67. The van der Waals surface area contributed by atoms with E-state index >= 15 is 0 Å².